The van der Waals surface area contributed by atoms with E-state index in [1.807, 2.05) is 6.07 Å². The van der Waals surface area contributed by atoms with Crippen molar-refractivity contribution in [1.82, 2.24) is 4.90 Å². The Kier molecular flexibility index (Phi) is 6.08. The average molecular weight is 222 g/mol. The fraction of sp³-hybridized carbons (Fsp3) is 0.538. The van der Waals surface area contributed by atoms with Gasteiger partial charge in [-0.25, -0.2) is 0 Å². The molecule has 0 bridgehead atoms. The van der Waals surface area contributed by atoms with Crippen molar-refractivity contribution in [2.75, 3.05) is 26.8 Å². The molecule has 0 aromatic heterocycles. The molecule has 0 spiro atoms. The molecule has 1 unspecified atom stereocenters. The third kappa shape index (κ3) is 4.31. The highest BCUT2D eigenvalue weighted by Gasteiger charge is 2.12. The first-order valence-corrected chi connectivity index (χ1v) is 5.75. The van der Waals surface area contributed by atoms with Crippen molar-refractivity contribution in [2.45, 2.75) is 19.5 Å². The number of rotatable bonds is 7. The van der Waals surface area contributed by atoms with Crippen molar-refractivity contribution in [2.24, 2.45) is 5.73 Å². The zero-order valence-corrected chi connectivity index (χ0v) is 10.2. The lowest BCUT2D eigenvalue weighted by molar-refractivity contribution is 0.0965. The monoisotopic (exact) mass is 222 g/mol. The number of methoxy groups -OCH3 is 1. The van der Waals surface area contributed by atoms with Crippen LogP contribution in [-0.2, 0) is 11.3 Å². The minimum absolute atomic E-state index is 0.397. The number of nitrogens with two attached hydrogens (primary N) is 1. The predicted molar refractivity (Wildman–Crippen MR) is 67.2 cm³/mol. The summed E-state index contributed by atoms with van der Waals surface area (Å²) < 4.78 is 5.19. The Labute approximate surface area is 98.2 Å². The van der Waals surface area contributed by atoms with Crippen molar-refractivity contribution in [1.29, 1.82) is 0 Å². The molecule has 0 radical (unpaired) electrons. The van der Waals surface area contributed by atoms with Crippen LogP contribution in [0.15, 0.2) is 30.3 Å². The molecule has 1 rings (SSSR count). The van der Waals surface area contributed by atoms with Crippen molar-refractivity contribution < 1.29 is 4.74 Å². The molecule has 16 heavy (non-hydrogen) atoms. The highest BCUT2D eigenvalue weighted by atomic mass is 16.5. The maximum Gasteiger partial charge on any atom is 0.0615 e. The molecular formula is C13H22N2O. The minimum atomic E-state index is 0.397. The first kappa shape index (κ1) is 13.2. The zero-order valence-electron chi connectivity index (χ0n) is 10.2. The Morgan fingerprint density at radius 2 is 2.00 bits per heavy atom. The summed E-state index contributed by atoms with van der Waals surface area (Å²) in [5, 5.41) is 0. The summed E-state index contributed by atoms with van der Waals surface area (Å²) in [5.74, 6) is 0. The standard InChI is InChI=1S/C13H22N2O/c1-12(11-16-2)15(9-8-14)10-13-6-4-3-5-7-13/h3-7,12H,8-11,14H2,1-2H3. The number of benzene rings is 1. The van der Waals surface area contributed by atoms with Crippen LogP contribution < -0.4 is 5.73 Å². The van der Waals surface area contributed by atoms with Crippen LogP contribution in [0, 0.1) is 0 Å². The Hall–Kier alpha value is -0.900. The lowest BCUT2D eigenvalue weighted by Crippen LogP contribution is -2.39. The summed E-state index contributed by atoms with van der Waals surface area (Å²) >= 11 is 0. The maximum atomic E-state index is 5.63. The molecule has 1 aromatic rings. The molecule has 90 valence electrons. The van der Waals surface area contributed by atoms with Crippen molar-refractivity contribution in [3.63, 3.8) is 0 Å². The molecule has 1 aromatic carbocycles. The van der Waals surface area contributed by atoms with Gasteiger partial charge in [-0.05, 0) is 12.5 Å². The normalized spacial score (nSPS) is 13.0. The smallest absolute Gasteiger partial charge is 0.0615 e. The van der Waals surface area contributed by atoms with Crippen LogP contribution in [0.3, 0.4) is 0 Å². The second-order valence-corrected chi connectivity index (χ2v) is 4.05. The van der Waals surface area contributed by atoms with E-state index in [2.05, 4.69) is 36.1 Å². The van der Waals surface area contributed by atoms with Gasteiger partial charge in [-0.3, -0.25) is 4.90 Å². The van der Waals surface area contributed by atoms with Crippen molar-refractivity contribution in [3.05, 3.63) is 35.9 Å². The Morgan fingerprint density at radius 1 is 1.31 bits per heavy atom. The first-order valence-electron chi connectivity index (χ1n) is 5.75. The third-order valence-corrected chi connectivity index (χ3v) is 2.68. The lowest BCUT2D eigenvalue weighted by atomic mass is 10.2. The summed E-state index contributed by atoms with van der Waals surface area (Å²) in [5.41, 5.74) is 6.95. The number of hydrogen-bond donors (Lipinski definition) is 1. The molecule has 0 amide bonds. The highest BCUT2D eigenvalue weighted by molar-refractivity contribution is 5.14. The summed E-state index contributed by atoms with van der Waals surface area (Å²) in [6.45, 7) is 5.43. The zero-order chi connectivity index (χ0) is 11.8. The summed E-state index contributed by atoms with van der Waals surface area (Å²) in [6, 6.07) is 10.9. The quantitative estimate of drug-likeness (QED) is 0.759. The molecule has 0 saturated carbocycles. The second-order valence-electron chi connectivity index (χ2n) is 4.05. The van der Waals surface area contributed by atoms with E-state index in [1.54, 1.807) is 7.11 Å². The van der Waals surface area contributed by atoms with E-state index in [-0.39, 0.29) is 0 Å². The van der Waals surface area contributed by atoms with Crippen LogP contribution in [0.1, 0.15) is 12.5 Å². The van der Waals surface area contributed by atoms with E-state index < -0.39 is 0 Å². The first-order chi connectivity index (χ1) is 7.77. The van der Waals surface area contributed by atoms with Gasteiger partial charge >= 0.3 is 0 Å². The van der Waals surface area contributed by atoms with Gasteiger partial charge in [0, 0.05) is 32.8 Å². The van der Waals surface area contributed by atoms with Gasteiger partial charge in [0.2, 0.25) is 0 Å². The molecule has 3 nitrogen and oxygen atoms in total. The lowest BCUT2D eigenvalue weighted by Gasteiger charge is -2.28. The average Bonchev–Trinajstić information content (AvgIpc) is 2.30. The molecule has 1 atom stereocenters. The van der Waals surface area contributed by atoms with Crippen LogP contribution in [0.4, 0.5) is 0 Å². The van der Waals surface area contributed by atoms with E-state index in [0.717, 1.165) is 19.7 Å². The van der Waals surface area contributed by atoms with E-state index in [0.29, 0.717) is 12.6 Å². The van der Waals surface area contributed by atoms with E-state index in [1.165, 1.54) is 5.56 Å². The van der Waals surface area contributed by atoms with Gasteiger partial charge < -0.3 is 10.5 Å². The van der Waals surface area contributed by atoms with Gasteiger partial charge in [0.1, 0.15) is 0 Å². The Bertz CT molecular complexity index is 277. The van der Waals surface area contributed by atoms with Crippen LogP contribution in [0.25, 0.3) is 0 Å². The summed E-state index contributed by atoms with van der Waals surface area (Å²) in [6.07, 6.45) is 0. The predicted octanol–water partition coefficient (Wildman–Crippen LogP) is 1.48. The van der Waals surface area contributed by atoms with Gasteiger partial charge in [-0.15, -0.1) is 0 Å². The van der Waals surface area contributed by atoms with E-state index >= 15 is 0 Å². The third-order valence-electron chi connectivity index (χ3n) is 2.68. The van der Waals surface area contributed by atoms with Gasteiger partial charge in [0.25, 0.3) is 0 Å². The van der Waals surface area contributed by atoms with Crippen molar-refractivity contribution in [3.8, 4) is 0 Å². The molecule has 2 N–H and O–H groups in total. The molecule has 0 aliphatic carbocycles. The highest BCUT2D eigenvalue weighted by Crippen LogP contribution is 2.07. The molecule has 0 heterocycles. The number of ether oxygens (including phenoxy) is 1. The molecule has 0 aliphatic heterocycles. The second kappa shape index (κ2) is 7.39. The van der Waals surface area contributed by atoms with Gasteiger partial charge in [0.05, 0.1) is 6.61 Å². The molecular weight excluding hydrogens is 200 g/mol. The molecule has 3 heteroatoms. The molecule has 0 aliphatic rings. The van der Waals surface area contributed by atoms with Crippen molar-refractivity contribution >= 4 is 0 Å². The SMILES string of the molecule is COCC(C)N(CCN)Cc1ccccc1. The minimum Gasteiger partial charge on any atom is -0.383 e. The summed E-state index contributed by atoms with van der Waals surface area (Å²) in [4.78, 5) is 2.35. The largest absolute Gasteiger partial charge is 0.383 e. The van der Waals surface area contributed by atoms with Gasteiger partial charge in [-0.1, -0.05) is 30.3 Å². The topological polar surface area (TPSA) is 38.5 Å². The van der Waals surface area contributed by atoms with E-state index in [4.69, 9.17) is 10.5 Å². The summed E-state index contributed by atoms with van der Waals surface area (Å²) in [7, 11) is 1.74. The molecule has 0 fully saturated rings. The van der Waals surface area contributed by atoms with E-state index in [9.17, 15) is 0 Å². The Morgan fingerprint density at radius 3 is 2.56 bits per heavy atom. The molecule has 0 saturated heterocycles. The number of nitrogens with zero attached hydrogens (tertiary/aromatic N) is 1. The fourth-order valence-corrected chi connectivity index (χ4v) is 1.79. The van der Waals surface area contributed by atoms with Gasteiger partial charge in [0.15, 0.2) is 0 Å². The maximum absolute atomic E-state index is 5.63. The van der Waals surface area contributed by atoms with Gasteiger partial charge in [-0.2, -0.15) is 0 Å². The van der Waals surface area contributed by atoms with Crippen LogP contribution in [0.5, 0.6) is 0 Å². The number of hydrogen-bond acceptors (Lipinski definition) is 3. The van der Waals surface area contributed by atoms with Crippen LogP contribution >= 0.6 is 0 Å². The van der Waals surface area contributed by atoms with Crippen LogP contribution in [0.2, 0.25) is 0 Å². The van der Waals surface area contributed by atoms with Crippen LogP contribution in [-0.4, -0.2) is 37.7 Å². The Balaban J connectivity index is 2.57. The fourth-order valence-electron chi connectivity index (χ4n) is 1.79.